The molecule has 82 heavy (non-hydrogen) atoms. The van der Waals surface area contributed by atoms with Gasteiger partial charge < -0.3 is 19.9 Å². The van der Waals surface area contributed by atoms with E-state index in [4.69, 9.17) is 0 Å². The fraction of sp³-hybridized carbons (Fsp3) is 0.115. The van der Waals surface area contributed by atoms with Gasteiger partial charge in [-0.3, -0.25) is 0 Å². The predicted octanol–water partition coefficient (Wildman–Crippen LogP) is 14.0. The average molecular weight is 1210 g/mol. The molecule has 15 nitrogen and oxygen atoms in total. The molecule has 0 spiro atoms. The smallest absolute Gasteiger partial charge is 0.506 e. The van der Waals surface area contributed by atoms with Gasteiger partial charge in [-0.1, -0.05) is 62.0 Å². The first kappa shape index (κ1) is 62.4. The van der Waals surface area contributed by atoms with Crippen molar-refractivity contribution < 1.29 is 87.2 Å². The molecule has 432 valence electrons. The number of alkyl halides is 12. The van der Waals surface area contributed by atoms with Gasteiger partial charge in [-0.25, -0.2) is 28.4 Å². The van der Waals surface area contributed by atoms with E-state index < -0.39 is 79.8 Å². The van der Waals surface area contributed by atoms with Crippen LogP contribution in [0.2, 0.25) is 0 Å². The quantitative estimate of drug-likeness (QED) is 0.0625. The lowest BCUT2D eigenvalue weighted by molar-refractivity contribution is -0.138. The number of hydrogen-bond acceptors (Lipinski definition) is 14. The molecule has 0 amide bonds. The molecule has 9 aromatic rings. The second-order valence-corrected chi connectivity index (χ2v) is 22.1. The van der Waals surface area contributed by atoms with Crippen LogP contribution < -0.4 is 18.5 Å². The van der Waals surface area contributed by atoms with Crippen LogP contribution in [0.15, 0.2) is 177 Å². The molecular formula is C52H39F12N7O8S3. The summed E-state index contributed by atoms with van der Waals surface area (Å²) >= 11 is 0. The van der Waals surface area contributed by atoms with Gasteiger partial charge >= 0.3 is 43.5 Å². The van der Waals surface area contributed by atoms with Crippen LogP contribution in [0.4, 0.5) is 81.1 Å². The molecule has 0 atom stereocenters. The molecule has 0 saturated carbocycles. The normalized spacial score (nSPS) is 12.2. The standard InChI is InChI=1S/C22H13F6N3O3S.C21H14F3N3O.C8H8F3NO4S2.CH4/c23-21(24,25)16-4-2-6-18(10-16)31-17-5-1-3-13(8-17)14-7-15-11-29-12-30-20(15)19(9-14)34-35(32,33)22(26,27)28;22-21(23,24)16-4-2-6-18(10-16)27-17-5-1-3-13(8-17)14-7-15-11-25-12-26-20(15)19(28)9-14;1-17(13,14)12(7-5-3-2-4-6-7)18(15,16)8(9,10)11;/h1-12,31H;1-12,27-28H;2-6H,1H3;1H4. The lowest BCUT2D eigenvalue weighted by Gasteiger charge is -2.22. The molecule has 0 aliphatic heterocycles. The van der Waals surface area contributed by atoms with Gasteiger partial charge in [0.05, 0.1) is 23.1 Å². The highest BCUT2D eigenvalue weighted by Crippen LogP contribution is 2.39. The first-order valence-corrected chi connectivity index (χ1v) is 27.0. The van der Waals surface area contributed by atoms with E-state index in [9.17, 15) is 83.0 Å². The van der Waals surface area contributed by atoms with Gasteiger partial charge in [-0.05, 0) is 119 Å². The number of fused-ring (bicyclic) bond motifs is 2. The van der Waals surface area contributed by atoms with E-state index in [2.05, 4.69) is 34.8 Å². The number of aromatic nitrogens is 4. The number of anilines is 5. The number of benzene rings is 7. The maximum absolute atomic E-state index is 13.0. The number of phenolic OH excluding ortho intramolecular Hbond substituents is 1. The summed E-state index contributed by atoms with van der Waals surface area (Å²) in [6.07, 6.45) is -3.29. The van der Waals surface area contributed by atoms with E-state index in [1.54, 1.807) is 54.7 Å². The summed E-state index contributed by atoms with van der Waals surface area (Å²) in [4.78, 5) is 15.6. The number of nitrogens with one attached hydrogen (secondary N) is 2. The van der Waals surface area contributed by atoms with Gasteiger partial charge in [0.25, 0.3) is 0 Å². The molecular weight excluding hydrogens is 1170 g/mol. The molecule has 0 aliphatic rings. The zero-order valence-corrected chi connectivity index (χ0v) is 43.0. The van der Waals surface area contributed by atoms with E-state index >= 15 is 0 Å². The Balaban J connectivity index is 0.000000207. The summed E-state index contributed by atoms with van der Waals surface area (Å²) in [6.45, 7) is 0. The van der Waals surface area contributed by atoms with Crippen molar-refractivity contribution in [1.29, 1.82) is 0 Å². The zero-order valence-electron chi connectivity index (χ0n) is 40.5. The second-order valence-electron chi connectivity index (χ2n) is 16.7. The Labute approximate surface area is 458 Å². The second kappa shape index (κ2) is 24.1. The van der Waals surface area contributed by atoms with Crippen molar-refractivity contribution in [3.63, 3.8) is 0 Å². The lowest BCUT2D eigenvalue weighted by atomic mass is 10.0. The number of rotatable bonds is 11. The Morgan fingerprint density at radius 1 is 0.488 bits per heavy atom. The third kappa shape index (κ3) is 15.2. The molecule has 0 saturated heterocycles. The molecule has 30 heteroatoms. The SMILES string of the molecule is C.CS(=O)(=O)N(c1ccccc1)S(=O)(=O)C(F)(F)F.O=S(=O)(Oc1cc(-c2cccc(Nc3cccc(C(F)(F)F)c3)c2)cc2cncnc12)C(F)(F)F.Oc1cc(-c2cccc(Nc3cccc(C(F)(F)F)c3)c2)cc2cncnc12. The first-order chi connectivity index (χ1) is 37.7. The summed E-state index contributed by atoms with van der Waals surface area (Å²) in [7, 11) is -16.6. The van der Waals surface area contributed by atoms with Crippen LogP contribution in [0.1, 0.15) is 18.6 Å². The summed E-state index contributed by atoms with van der Waals surface area (Å²) in [5.74, 6) is -0.625. The number of para-hydroxylation sites is 1. The van der Waals surface area contributed by atoms with Gasteiger partial charge in [0.2, 0.25) is 10.0 Å². The Bertz CT molecular complexity index is 4100. The van der Waals surface area contributed by atoms with Crippen LogP contribution in [-0.4, -0.2) is 67.6 Å². The molecule has 0 aliphatic carbocycles. The van der Waals surface area contributed by atoms with Crippen molar-refractivity contribution in [1.82, 2.24) is 19.9 Å². The minimum absolute atomic E-state index is 0. The predicted molar refractivity (Wildman–Crippen MR) is 282 cm³/mol. The molecule has 7 aromatic carbocycles. The lowest BCUT2D eigenvalue weighted by Crippen LogP contribution is -2.44. The molecule has 0 fully saturated rings. The molecule has 9 rings (SSSR count). The first-order valence-electron chi connectivity index (χ1n) is 22.3. The van der Waals surface area contributed by atoms with Gasteiger partial charge in [-0.15, -0.1) is 0 Å². The van der Waals surface area contributed by atoms with Gasteiger partial charge in [-0.2, -0.15) is 73.2 Å². The highest BCUT2D eigenvalue weighted by atomic mass is 32.3. The minimum atomic E-state index is -6.00. The Kier molecular flexibility index (Phi) is 18.4. The van der Waals surface area contributed by atoms with Gasteiger partial charge in [0, 0.05) is 45.9 Å². The topological polar surface area (TPSA) is 211 Å². The van der Waals surface area contributed by atoms with E-state index in [0.29, 0.717) is 39.8 Å². The molecule has 0 radical (unpaired) electrons. The van der Waals surface area contributed by atoms with Crippen LogP contribution in [0.3, 0.4) is 0 Å². The van der Waals surface area contributed by atoms with Crippen molar-refractivity contribution in [3.8, 4) is 33.8 Å². The van der Waals surface area contributed by atoms with Crippen LogP contribution in [0.5, 0.6) is 11.5 Å². The van der Waals surface area contributed by atoms with Crippen LogP contribution >= 0.6 is 0 Å². The molecule has 2 aromatic heterocycles. The Hall–Kier alpha value is -8.77. The zero-order chi connectivity index (χ0) is 59.3. The monoisotopic (exact) mass is 1210 g/mol. The van der Waals surface area contributed by atoms with Crippen molar-refractivity contribution in [2.24, 2.45) is 0 Å². The molecule has 3 N–H and O–H groups in total. The number of hydrogen-bond donors (Lipinski definition) is 3. The Morgan fingerprint density at radius 3 is 1.35 bits per heavy atom. The fourth-order valence-electron chi connectivity index (χ4n) is 7.30. The van der Waals surface area contributed by atoms with Gasteiger partial charge in [0.15, 0.2) is 5.75 Å². The number of aromatic hydroxyl groups is 1. The maximum Gasteiger partial charge on any atom is 0.534 e. The molecule has 0 unspecified atom stereocenters. The van der Waals surface area contributed by atoms with Crippen molar-refractivity contribution in [2.75, 3.05) is 20.6 Å². The summed E-state index contributed by atoms with van der Waals surface area (Å²) in [6, 6.07) is 34.7. The van der Waals surface area contributed by atoms with Crippen molar-refractivity contribution in [2.45, 2.75) is 30.8 Å². The summed E-state index contributed by atoms with van der Waals surface area (Å²) < 4.78 is 225. The van der Waals surface area contributed by atoms with Gasteiger partial charge in [0.1, 0.15) is 29.4 Å². The van der Waals surface area contributed by atoms with E-state index in [1.807, 2.05) is 12.1 Å². The van der Waals surface area contributed by atoms with E-state index in [0.717, 1.165) is 59.9 Å². The number of nitrogens with zero attached hydrogens (tertiary/aromatic N) is 5. The van der Waals surface area contributed by atoms with Crippen molar-refractivity contribution in [3.05, 3.63) is 188 Å². The Morgan fingerprint density at radius 2 is 0.915 bits per heavy atom. The molecule has 2 heterocycles. The highest BCUT2D eigenvalue weighted by molar-refractivity contribution is 8.10. The summed E-state index contributed by atoms with van der Waals surface area (Å²) in [5, 5.41) is 16.9. The number of phenols is 1. The van der Waals surface area contributed by atoms with Crippen LogP contribution in [0.25, 0.3) is 44.1 Å². The van der Waals surface area contributed by atoms with Crippen LogP contribution in [0, 0.1) is 0 Å². The fourth-order valence-corrected chi connectivity index (χ4v) is 10.5. The molecule has 0 bridgehead atoms. The van der Waals surface area contributed by atoms with E-state index in [1.165, 1.54) is 61.1 Å². The largest absolute Gasteiger partial charge is 0.534 e. The van der Waals surface area contributed by atoms with Crippen molar-refractivity contribution >= 4 is 80.4 Å². The number of sulfonamides is 2. The maximum atomic E-state index is 13.0. The van der Waals surface area contributed by atoms with Crippen LogP contribution in [-0.2, 0) is 42.5 Å². The third-order valence-corrected chi connectivity index (χ3v) is 15.2. The average Bonchev–Trinajstić information content (AvgIpc) is 3.44. The highest BCUT2D eigenvalue weighted by Gasteiger charge is 2.53. The third-order valence-electron chi connectivity index (χ3n) is 10.8. The van der Waals surface area contributed by atoms with E-state index in [-0.39, 0.29) is 35.3 Å². The number of halogens is 12. The minimum Gasteiger partial charge on any atom is -0.506 e. The summed E-state index contributed by atoms with van der Waals surface area (Å²) in [5.41, 5.74) is -9.54.